The maximum absolute atomic E-state index is 12.6. The van der Waals surface area contributed by atoms with Crippen molar-refractivity contribution < 1.29 is 14.3 Å². The Morgan fingerprint density at radius 1 is 0.964 bits per heavy atom. The van der Waals surface area contributed by atoms with Gasteiger partial charge in [-0.2, -0.15) is 0 Å². The van der Waals surface area contributed by atoms with E-state index < -0.39 is 0 Å². The third kappa shape index (κ3) is 5.23. The summed E-state index contributed by atoms with van der Waals surface area (Å²) in [4.78, 5) is 31.1. The minimum absolute atomic E-state index is 0.0516. The van der Waals surface area contributed by atoms with Crippen LogP contribution in [0.25, 0.3) is 0 Å². The number of ether oxygens (including phenoxy) is 1. The molecule has 154 valence electrons. The number of carbonyl (C=O) groups is 2. The van der Waals surface area contributed by atoms with E-state index in [1.54, 1.807) is 0 Å². The largest absolute Gasteiger partial charge is 0.378 e. The summed E-state index contributed by atoms with van der Waals surface area (Å²) < 4.78 is 5.31. The van der Waals surface area contributed by atoms with E-state index in [1.807, 2.05) is 34.9 Å². The maximum Gasteiger partial charge on any atom is 0.320 e. The molecule has 1 N–H and O–H groups in total. The van der Waals surface area contributed by atoms with Gasteiger partial charge in [0.1, 0.15) is 0 Å². The Kier molecular flexibility index (Phi) is 7.28. The minimum Gasteiger partial charge on any atom is -0.378 e. The van der Waals surface area contributed by atoms with Gasteiger partial charge in [-0.15, -0.1) is 0 Å². The summed E-state index contributed by atoms with van der Waals surface area (Å²) >= 11 is 0. The molecule has 7 nitrogen and oxygen atoms in total. The van der Waals surface area contributed by atoms with Crippen molar-refractivity contribution in [2.24, 2.45) is 0 Å². The van der Waals surface area contributed by atoms with Gasteiger partial charge in [0, 0.05) is 45.8 Å². The Bertz CT molecular complexity index is 640. The van der Waals surface area contributed by atoms with E-state index in [9.17, 15) is 9.59 Å². The molecular formula is C21H32N4O3. The summed E-state index contributed by atoms with van der Waals surface area (Å²) in [5, 5.41) is 3.08. The molecule has 0 saturated carbocycles. The van der Waals surface area contributed by atoms with E-state index in [0.29, 0.717) is 45.9 Å². The highest BCUT2D eigenvalue weighted by Gasteiger charge is 2.30. The molecule has 0 aliphatic carbocycles. The number of piperazine rings is 1. The molecule has 7 heteroatoms. The lowest BCUT2D eigenvalue weighted by atomic mass is 10.0. The monoisotopic (exact) mass is 388 g/mol. The van der Waals surface area contributed by atoms with Crippen molar-refractivity contribution in [3.63, 3.8) is 0 Å². The first-order valence-electron chi connectivity index (χ1n) is 10.2. The van der Waals surface area contributed by atoms with Crippen LogP contribution in [0.3, 0.4) is 0 Å². The van der Waals surface area contributed by atoms with Crippen LogP contribution in [0.15, 0.2) is 30.3 Å². The molecule has 2 aliphatic heterocycles. The number of rotatable bonds is 5. The van der Waals surface area contributed by atoms with Crippen LogP contribution in [0, 0.1) is 0 Å². The van der Waals surface area contributed by atoms with Crippen LogP contribution in [0.2, 0.25) is 0 Å². The van der Waals surface area contributed by atoms with E-state index in [1.165, 1.54) is 5.56 Å². The van der Waals surface area contributed by atoms with Crippen molar-refractivity contribution in [2.75, 3.05) is 59.0 Å². The van der Waals surface area contributed by atoms with Crippen LogP contribution >= 0.6 is 0 Å². The number of carbonyl (C=O) groups excluding carboxylic acids is 2. The molecule has 0 radical (unpaired) electrons. The Balaban J connectivity index is 1.42. The summed E-state index contributed by atoms with van der Waals surface area (Å²) in [5.74, 6) is 0.330. The van der Waals surface area contributed by atoms with Gasteiger partial charge in [0.15, 0.2) is 0 Å². The lowest BCUT2D eigenvalue weighted by molar-refractivity contribution is -0.126. The zero-order chi connectivity index (χ0) is 19.9. The molecule has 3 rings (SSSR count). The molecule has 2 heterocycles. The predicted molar refractivity (Wildman–Crippen MR) is 108 cm³/mol. The second-order valence-corrected chi connectivity index (χ2v) is 7.64. The van der Waals surface area contributed by atoms with Crippen LogP contribution < -0.4 is 5.32 Å². The molecule has 3 amide bonds. The molecule has 0 bridgehead atoms. The van der Waals surface area contributed by atoms with E-state index in [-0.39, 0.29) is 23.9 Å². The summed E-state index contributed by atoms with van der Waals surface area (Å²) in [7, 11) is 0. The number of morpholine rings is 1. The first-order valence-corrected chi connectivity index (χ1v) is 10.2. The number of benzene rings is 1. The quantitative estimate of drug-likeness (QED) is 0.827. The highest BCUT2D eigenvalue weighted by Crippen LogP contribution is 2.14. The standard InChI is InChI=1S/C21H32N4O3/c1-17(19-6-4-3-5-7-19)16-22-20(26)18(2)23-8-10-24(11-9-23)21(27)25-12-14-28-15-13-25/h3-7,17-18H,8-16H2,1-2H3,(H,22,26). The third-order valence-corrected chi connectivity index (χ3v) is 5.74. The van der Waals surface area contributed by atoms with Gasteiger partial charge in [-0.3, -0.25) is 9.69 Å². The van der Waals surface area contributed by atoms with Crippen LogP contribution in [-0.2, 0) is 9.53 Å². The summed E-state index contributed by atoms with van der Waals surface area (Å²) in [6.07, 6.45) is 0. The van der Waals surface area contributed by atoms with Gasteiger partial charge in [0.05, 0.1) is 19.3 Å². The van der Waals surface area contributed by atoms with Crippen LogP contribution in [-0.4, -0.2) is 91.7 Å². The number of hydrogen-bond acceptors (Lipinski definition) is 4. The van der Waals surface area contributed by atoms with Gasteiger partial charge < -0.3 is 19.9 Å². The molecule has 2 unspecified atom stereocenters. The molecule has 2 aliphatic rings. The highest BCUT2D eigenvalue weighted by atomic mass is 16.5. The van der Waals surface area contributed by atoms with E-state index in [4.69, 9.17) is 4.74 Å². The van der Waals surface area contributed by atoms with Crippen molar-refractivity contribution in [3.8, 4) is 0 Å². The van der Waals surface area contributed by atoms with Crippen molar-refractivity contribution in [3.05, 3.63) is 35.9 Å². The Morgan fingerprint density at radius 2 is 1.57 bits per heavy atom. The fourth-order valence-corrected chi connectivity index (χ4v) is 3.72. The first-order chi connectivity index (χ1) is 13.6. The molecular weight excluding hydrogens is 356 g/mol. The zero-order valence-corrected chi connectivity index (χ0v) is 17.0. The molecule has 2 fully saturated rings. The van der Waals surface area contributed by atoms with Gasteiger partial charge in [0.2, 0.25) is 5.91 Å². The van der Waals surface area contributed by atoms with Crippen molar-refractivity contribution in [1.82, 2.24) is 20.0 Å². The Labute approximate surface area is 167 Å². The number of nitrogens with one attached hydrogen (secondary N) is 1. The fraction of sp³-hybridized carbons (Fsp3) is 0.619. The number of urea groups is 1. The fourth-order valence-electron chi connectivity index (χ4n) is 3.72. The maximum atomic E-state index is 12.6. The molecule has 0 spiro atoms. The predicted octanol–water partition coefficient (Wildman–Crippen LogP) is 1.36. The van der Waals surface area contributed by atoms with Gasteiger partial charge in [-0.05, 0) is 18.4 Å². The topological polar surface area (TPSA) is 65.1 Å². The van der Waals surface area contributed by atoms with E-state index in [0.717, 1.165) is 13.1 Å². The number of hydrogen-bond donors (Lipinski definition) is 1. The van der Waals surface area contributed by atoms with Gasteiger partial charge in [-0.25, -0.2) is 4.79 Å². The van der Waals surface area contributed by atoms with E-state index in [2.05, 4.69) is 29.3 Å². The lowest BCUT2D eigenvalue weighted by Crippen LogP contribution is -2.58. The van der Waals surface area contributed by atoms with Crippen LogP contribution in [0.4, 0.5) is 4.79 Å². The van der Waals surface area contributed by atoms with Crippen molar-refractivity contribution in [1.29, 1.82) is 0 Å². The SMILES string of the molecule is CC(CNC(=O)C(C)N1CCN(C(=O)N2CCOCC2)CC1)c1ccccc1. The molecule has 2 saturated heterocycles. The molecule has 0 aromatic heterocycles. The van der Waals surface area contributed by atoms with Crippen LogP contribution in [0.1, 0.15) is 25.3 Å². The summed E-state index contributed by atoms with van der Waals surface area (Å²) in [6, 6.07) is 10.1. The van der Waals surface area contributed by atoms with E-state index >= 15 is 0 Å². The summed E-state index contributed by atoms with van der Waals surface area (Å²) in [5.41, 5.74) is 1.23. The highest BCUT2D eigenvalue weighted by molar-refractivity contribution is 5.81. The zero-order valence-electron chi connectivity index (χ0n) is 17.0. The summed E-state index contributed by atoms with van der Waals surface area (Å²) in [6.45, 7) is 10.0. The lowest BCUT2D eigenvalue weighted by Gasteiger charge is -2.40. The third-order valence-electron chi connectivity index (χ3n) is 5.74. The van der Waals surface area contributed by atoms with Gasteiger partial charge >= 0.3 is 6.03 Å². The molecule has 1 aromatic carbocycles. The Morgan fingerprint density at radius 3 is 2.21 bits per heavy atom. The smallest absolute Gasteiger partial charge is 0.320 e. The normalized spacial score (nSPS) is 20.5. The average molecular weight is 389 g/mol. The first kappa shape index (κ1) is 20.6. The molecule has 2 atom stereocenters. The number of nitrogens with zero attached hydrogens (tertiary/aromatic N) is 3. The van der Waals surface area contributed by atoms with Crippen LogP contribution in [0.5, 0.6) is 0 Å². The number of amides is 3. The molecule has 28 heavy (non-hydrogen) atoms. The second kappa shape index (κ2) is 9.89. The van der Waals surface area contributed by atoms with Crippen molar-refractivity contribution in [2.45, 2.75) is 25.8 Å². The Hall–Kier alpha value is -2.12. The van der Waals surface area contributed by atoms with Gasteiger partial charge in [-0.1, -0.05) is 37.3 Å². The average Bonchev–Trinajstić information content (AvgIpc) is 2.77. The van der Waals surface area contributed by atoms with Gasteiger partial charge in [0.25, 0.3) is 0 Å². The second-order valence-electron chi connectivity index (χ2n) is 7.64. The minimum atomic E-state index is -0.191. The van der Waals surface area contributed by atoms with Crippen molar-refractivity contribution >= 4 is 11.9 Å². The molecule has 1 aromatic rings.